The van der Waals surface area contributed by atoms with Gasteiger partial charge in [0.2, 0.25) is 0 Å². The number of aliphatic hydroxyl groups is 1. The second kappa shape index (κ2) is 13.6. The Hall–Kier alpha value is -3.19. The molecule has 2 unspecified atom stereocenters. The predicted molar refractivity (Wildman–Crippen MR) is 139 cm³/mol. The van der Waals surface area contributed by atoms with Crippen molar-refractivity contribution in [2.75, 3.05) is 33.8 Å². The summed E-state index contributed by atoms with van der Waals surface area (Å²) in [7, 11) is 4.10. The Balaban J connectivity index is 1.41. The summed E-state index contributed by atoms with van der Waals surface area (Å²) in [6, 6.07) is 24.1. The number of aliphatic hydroxyl groups excluding tert-OH is 1. The fourth-order valence-electron chi connectivity index (χ4n) is 3.63. The van der Waals surface area contributed by atoms with E-state index in [1.807, 2.05) is 75.6 Å². The van der Waals surface area contributed by atoms with E-state index < -0.39 is 6.10 Å². The molecule has 0 aliphatic heterocycles. The first-order chi connectivity index (χ1) is 16.9. The van der Waals surface area contributed by atoms with Crippen LogP contribution in [0, 0.1) is 0 Å². The summed E-state index contributed by atoms with van der Waals surface area (Å²) in [5.74, 6) is 2.23. The number of ether oxygens (including phenoxy) is 2. The lowest BCUT2D eigenvalue weighted by molar-refractivity contribution is 0.0972. The van der Waals surface area contributed by atoms with Crippen molar-refractivity contribution >= 4 is 5.78 Å². The van der Waals surface area contributed by atoms with Crippen molar-refractivity contribution in [3.05, 3.63) is 90.0 Å². The van der Waals surface area contributed by atoms with Gasteiger partial charge in [-0.2, -0.15) is 0 Å². The third kappa shape index (κ3) is 8.83. The van der Waals surface area contributed by atoms with Crippen LogP contribution in [0.3, 0.4) is 0 Å². The second-order valence-electron chi connectivity index (χ2n) is 8.87. The fraction of sp³-hybridized carbons (Fsp3) is 0.345. The lowest BCUT2D eigenvalue weighted by Crippen LogP contribution is -2.33. The highest BCUT2D eigenvalue weighted by molar-refractivity contribution is 5.96. The number of ketones is 1. The zero-order chi connectivity index (χ0) is 25.0. The molecule has 0 saturated heterocycles. The van der Waals surface area contributed by atoms with Crippen molar-refractivity contribution in [3.8, 4) is 17.2 Å². The van der Waals surface area contributed by atoms with E-state index in [2.05, 4.69) is 10.2 Å². The molecule has 2 N–H and O–H groups in total. The van der Waals surface area contributed by atoms with Crippen LogP contribution in [0.15, 0.2) is 78.9 Å². The maximum atomic E-state index is 12.6. The van der Waals surface area contributed by atoms with Gasteiger partial charge in [-0.1, -0.05) is 30.3 Å². The quantitative estimate of drug-likeness (QED) is 0.249. The van der Waals surface area contributed by atoms with Crippen molar-refractivity contribution in [1.82, 2.24) is 10.2 Å². The smallest absolute Gasteiger partial charge is 0.164 e. The molecule has 0 aromatic heterocycles. The van der Waals surface area contributed by atoms with E-state index in [9.17, 15) is 9.90 Å². The molecule has 35 heavy (non-hydrogen) atoms. The fourth-order valence-corrected chi connectivity index (χ4v) is 3.63. The van der Waals surface area contributed by atoms with Crippen LogP contribution in [0.4, 0.5) is 0 Å². The number of nitrogens with one attached hydrogen (secondary N) is 1. The number of hydrogen-bond donors (Lipinski definition) is 2. The topological polar surface area (TPSA) is 71.0 Å². The average Bonchev–Trinajstić information content (AvgIpc) is 2.88. The molecule has 0 amide bonds. The Kier molecular flexibility index (Phi) is 10.3. The van der Waals surface area contributed by atoms with Gasteiger partial charge in [0.25, 0.3) is 0 Å². The number of hydrogen-bond acceptors (Lipinski definition) is 6. The standard InChI is InChI=1S/C29H36N2O4/c1-22(29(33)24-8-5-4-6-9-24)30-19-18-28(32)23-10-12-26(13-11-23)35-27-16-14-25(15-17-27)34-21-7-20-31(2)3/h4-6,8-17,22,29-30,33H,7,18-21H2,1-3H3. The number of benzene rings is 3. The van der Waals surface area contributed by atoms with Gasteiger partial charge in [0.05, 0.1) is 12.7 Å². The van der Waals surface area contributed by atoms with Crippen molar-refractivity contribution in [2.24, 2.45) is 0 Å². The van der Waals surface area contributed by atoms with Crippen LogP contribution in [-0.4, -0.2) is 55.6 Å². The molecular formula is C29H36N2O4. The molecular weight excluding hydrogens is 440 g/mol. The maximum Gasteiger partial charge on any atom is 0.164 e. The van der Waals surface area contributed by atoms with Gasteiger partial charge in [-0.25, -0.2) is 0 Å². The maximum absolute atomic E-state index is 12.6. The van der Waals surface area contributed by atoms with Gasteiger partial charge >= 0.3 is 0 Å². The van der Waals surface area contributed by atoms with Crippen LogP contribution in [0.5, 0.6) is 17.2 Å². The molecule has 0 spiro atoms. The van der Waals surface area contributed by atoms with E-state index in [0.29, 0.717) is 36.6 Å². The Morgan fingerprint density at radius 3 is 2.14 bits per heavy atom. The largest absolute Gasteiger partial charge is 0.494 e. The molecule has 6 nitrogen and oxygen atoms in total. The normalized spacial score (nSPS) is 12.8. The minimum atomic E-state index is -0.619. The molecule has 0 fully saturated rings. The Bertz CT molecular complexity index is 1020. The Morgan fingerprint density at radius 1 is 0.914 bits per heavy atom. The zero-order valence-corrected chi connectivity index (χ0v) is 20.8. The van der Waals surface area contributed by atoms with E-state index in [1.54, 1.807) is 24.3 Å². The third-order valence-corrected chi connectivity index (χ3v) is 5.69. The number of carbonyl (C=O) groups excluding carboxylic acids is 1. The van der Waals surface area contributed by atoms with E-state index in [4.69, 9.17) is 9.47 Å². The Labute approximate surface area is 208 Å². The third-order valence-electron chi connectivity index (χ3n) is 5.69. The van der Waals surface area contributed by atoms with Gasteiger partial charge in [-0.3, -0.25) is 4.79 Å². The minimum absolute atomic E-state index is 0.0428. The summed E-state index contributed by atoms with van der Waals surface area (Å²) in [6.07, 6.45) is 0.703. The van der Waals surface area contributed by atoms with Crippen LogP contribution in [0.2, 0.25) is 0 Å². The van der Waals surface area contributed by atoms with Crippen molar-refractivity contribution in [3.63, 3.8) is 0 Å². The molecule has 0 bridgehead atoms. The van der Waals surface area contributed by atoms with Gasteiger partial charge < -0.3 is 24.8 Å². The van der Waals surface area contributed by atoms with Crippen LogP contribution in [-0.2, 0) is 0 Å². The van der Waals surface area contributed by atoms with Crippen LogP contribution in [0.1, 0.15) is 41.8 Å². The summed E-state index contributed by atoms with van der Waals surface area (Å²) < 4.78 is 11.6. The van der Waals surface area contributed by atoms with Crippen molar-refractivity contribution in [1.29, 1.82) is 0 Å². The molecule has 3 aromatic carbocycles. The number of carbonyl (C=O) groups is 1. The van der Waals surface area contributed by atoms with Gasteiger partial charge in [0.15, 0.2) is 5.78 Å². The van der Waals surface area contributed by atoms with Crippen molar-refractivity contribution in [2.45, 2.75) is 31.9 Å². The first-order valence-corrected chi connectivity index (χ1v) is 12.1. The SMILES string of the molecule is CC(NCCC(=O)c1ccc(Oc2ccc(OCCCN(C)C)cc2)cc1)C(O)c1ccccc1. The number of rotatable bonds is 14. The summed E-state index contributed by atoms with van der Waals surface area (Å²) in [6.45, 7) is 4.08. The highest BCUT2D eigenvalue weighted by atomic mass is 16.5. The van der Waals surface area contributed by atoms with Gasteiger partial charge in [-0.15, -0.1) is 0 Å². The summed E-state index contributed by atoms with van der Waals surface area (Å²) in [5, 5.41) is 13.7. The van der Waals surface area contributed by atoms with Crippen LogP contribution in [0.25, 0.3) is 0 Å². The number of Topliss-reactive ketones (excluding diaryl/α,β-unsaturated/α-hetero) is 1. The molecule has 0 aliphatic carbocycles. The Morgan fingerprint density at radius 2 is 1.51 bits per heavy atom. The molecule has 0 aliphatic rings. The highest BCUT2D eigenvalue weighted by Gasteiger charge is 2.16. The first-order valence-electron chi connectivity index (χ1n) is 12.1. The molecule has 0 radical (unpaired) electrons. The summed E-state index contributed by atoms with van der Waals surface area (Å²) in [4.78, 5) is 14.7. The lowest BCUT2D eigenvalue weighted by atomic mass is 10.0. The minimum Gasteiger partial charge on any atom is -0.494 e. The van der Waals surface area contributed by atoms with Gasteiger partial charge in [0.1, 0.15) is 17.2 Å². The molecule has 2 atom stereocenters. The first kappa shape index (κ1) is 26.4. The molecule has 0 heterocycles. The molecule has 0 saturated carbocycles. The van der Waals surface area contributed by atoms with Gasteiger partial charge in [0, 0.05) is 31.1 Å². The van der Waals surface area contributed by atoms with E-state index >= 15 is 0 Å². The molecule has 6 heteroatoms. The van der Waals surface area contributed by atoms with Crippen LogP contribution >= 0.6 is 0 Å². The van der Waals surface area contributed by atoms with Crippen LogP contribution < -0.4 is 14.8 Å². The highest BCUT2D eigenvalue weighted by Crippen LogP contribution is 2.24. The summed E-state index contributed by atoms with van der Waals surface area (Å²) in [5.41, 5.74) is 1.49. The second-order valence-corrected chi connectivity index (χ2v) is 8.87. The summed E-state index contributed by atoms with van der Waals surface area (Å²) >= 11 is 0. The van der Waals surface area contributed by atoms with Crippen molar-refractivity contribution < 1.29 is 19.4 Å². The zero-order valence-electron chi connectivity index (χ0n) is 20.8. The molecule has 186 valence electrons. The lowest BCUT2D eigenvalue weighted by Gasteiger charge is -2.20. The monoisotopic (exact) mass is 476 g/mol. The average molecular weight is 477 g/mol. The van der Waals surface area contributed by atoms with E-state index in [0.717, 1.165) is 24.3 Å². The predicted octanol–water partition coefficient (Wildman–Crippen LogP) is 5.09. The van der Waals surface area contributed by atoms with E-state index in [-0.39, 0.29) is 11.8 Å². The number of nitrogens with zero attached hydrogens (tertiary/aromatic N) is 1. The molecule has 3 rings (SSSR count). The molecule has 3 aromatic rings. The van der Waals surface area contributed by atoms with Gasteiger partial charge in [-0.05, 0) is 81.5 Å². The van der Waals surface area contributed by atoms with E-state index in [1.165, 1.54) is 0 Å².